The number of aromatic nitrogens is 2. The molecule has 0 aliphatic heterocycles. The summed E-state index contributed by atoms with van der Waals surface area (Å²) in [6.07, 6.45) is 1.10. The molecule has 3 aromatic rings. The van der Waals surface area contributed by atoms with E-state index in [2.05, 4.69) is 10.4 Å². The molecule has 0 aliphatic rings. The number of nitrogens with zero attached hydrogens (tertiary/aromatic N) is 2. The van der Waals surface area contributed by atoms with Gasteiger partial charge >= 0.3 is 6.03 Å². The van der Waals surface area contributed by atoms with Crippen LogP contribution in [0.1, 0.15) is 18.7 Å². The van der Waals surface area contributed by atoms with Crippen molar-refractivity contribution in [3.8, 4) is 5.75 Å². The van der Waals surface area contributed by atoms with E-state index < -0.39 is 6.10 Å². The first-order valence-corrected chi connectivity index (χ1v) is 8.32. The number of halogens is 2. The van der Waals surface area contributed by atoms with Gasteiger partial charge in [-0.1, -0.05) is 41.4 Å². The molecule has 0 radical (unpaired) electrons. The Morgan fingerprint density at radius 2 is 1.92 bits per heavy atom. The maximum absolute atomic E-state index is 12.5. The van der Waals surface area contributed by atoms with Crippen LogP contribution in [-0.2, 0) is 0 Å². The van der Waals surface area contributed by atoms with Gasteiger partial charge in [-0.15, -0.1) is 0 Å². The maximum atomic E-state index is 12.5. The summed E-state index contributed by atoms with van der Waals surface area (Å²) in [6.45, 7) is 1.81. The van der Waals surface area contributed by atoms with Gasteiger partial charge in [-0.05, 0) is 43.3 Å². The molecule has 0 unspecified atom stereocenters. The second-order valence-electron chi connectivity index (χ2n) is 5.30. The lowest BCUT2D eigenvalue weighted by molar-refractivity contribution is 0.212. The number of anilines is 1. The van der Waals surface area contributed by atoms with E-state index in [1.165, 1.54) is 4.68 Å². The van der Waals surface area contributed by atoms with Crippen LogP contribution in [0.4, 0.5) is 10.5 Å². The van der Waals surface area contributed by atoms with Gasteiger partial charge in [0.05, 0.1) is 10.7 Å². The van der Waals surface area contributed by atoms with Crippen molar-refractivity contribution in [2.24, 2.45) is 0 Å². The molecule has 0 aliphatic carbocycles. The molecule has 2 aromatic carbocycles. The van der Waals surface area contributed by atoms with Crippen LogP contribution < -0.4 is 10.1 Å². The van der Waals surface area contributed by atoms with Crippen molar-refractivity contribution in [1.29, 1.82) is 0 Å². The van der Waals surface area contributed by atoms with Crippen molar-refractivity contribution in [2.45, 2.75) is 13.0 Å². The van der Waals surface area contributed by atoms with Gasteiger partial charge in [-0.3, -0.25) is 0 Å². The third-order valence-electron chi connectivity index (χ3n) is 3.50. The van der Waals surface area contributed by atoms with Crippen molar-refractivity contribution >= 4 is 34.9 Å². The monoisotopic (exact) mass is 375 g/mol. The van der Waals surface area contributed by atoms with E-state index in [1.54, 1.807) is 42.6 Å². The highest BCUT2D eigenvalue weighted by Crippen LogP contribution is 2.31. The minimum atomic E-state index is -0.442. The van der Waals surface area contributed by atoms with E-state index in [1.807, 2.05) is 25.1 Å². The summed E-state index contributed by atoms with van der Waals surface area (Å²) in [5.74, 6) is 0.481. The Kier molecular flexibility index (Phi) is 5.26. The molecule has 0 saturated carbocycles. The van der Waals surface area contributed by atoms with Gasteiger partial charge in [0.2, 0.25) is 0 Å². The Morgan fingerprint density at radius 1 is 1.16 bits per heavy atom. The van der Waals surface area contributed by atoms with Crippen LogP contribution in [0.15, 0.2) is 60.8 Å². The molecule has 1 N–H and O–H groups in total. The van der Waals surface area contributed by atoms with Gasteiger partial charge in [0.25, 0.3) is 0 Å². The Morgan fingerprint density at radius 3 is 2.64 bits per heavy atom. The lowest BCUT2D eigenvalue weighted by atomic mass is 10.2. The van der Waals surface area contributed by atoms with E-state index in [-0.39, 0.29) is 6.03 Å². The molecule has 1 atom stereocenters. The molecule has 0 bridgehead atoms. The summed E-state index contributed by atoms with van der Waals surface area (Å²) < 4.78 is 7.12. The molecule has 25 heavy (non-hydrogen) atoms. The van der Waals surface area contributed by atoms with Crippen molar-refractivity contribution in [2.75, 3.05) is 5.32 Å². The number of para-hydroxylation sites is 1. The van der Waals surface area contributed by atoms with E-state index in [0.717, 1.165) is 0 Å². The second-order valence-corrected chi connectivity index (χ2v) is 6.14. The van der Waals surface area contributed by atoms with Gasteiger partial charge in [0.15, 0.2) is 0 Å². The van der Waals surface area contributed by atoms with Gasteiger partial charge in [-0.25, -0.2) is 4.79 Å². The van der Waals surface area contributed by atoms with E-state index in [9.17, 15) is 4.79 Å². The number of amides is 1. The predicted octanol–water partition coefficient (Wildman–Crippen LogP) is 5.41. The number of benzene rings is 2. The van der Waals surface area contributed by atoms with Gasteiger partial charge in [0, 0.05) is 16.9 Å². The number of rotatable bonds is 4. The zero-order chi connectivity index (χ0) is 17.8. The Bertz CT molecular complexity index is 881. The standard InChI is InChI=1S/C18H15Cl2N3O2/c1-12(25-17-8-7-13(19)11-15(17)20)16-9-10-21-23(16)18(24)22-14-5-3-2-4-6-14/h2-12H,1H3,(H,22,24)/t12-/m0/s1. The normalized spacial score (nSPS) is 11.8. The predicted molar refractivity (Wildman–Crippen MR) is 98.6 cm³/mol. The van der Waals surface area contributed by atoms with E-state index in [4.69, 9.17) is 27.9 Å². The first-order chi connectivity index (χ1) is 12.0. The fraction of sp³-hybridized carbons (Fsp3) is 0.111. The van der Waals surface area contributed by atoms with Crippen LogP contribution in [0.25, 0.3) is 0 Å². The second kappa shape index (κ2) is 7.59. The van der Waals surface area contributed by atoms with Crippen molar-refractivity contribution < 1.29 is 9.53 Å². The molecule has 3 rings (SSSR count). The molecule has 7 heteroatoms. The number of carbonyl (C=O) groups is 1. The molecule has 1 heterocycles. The van der Waals surface area contributed by atoms with E-state index in [0.29, 0.717) is 27.2 Å². The highest BCUT2D eigenvalue weighted by molar-refractivity contribution is 6.35. The zero-order valence-corrected chi connectivity index (χ0v) is 14.8. The molecule has 5 nitrogen and oxygen atoms in total. The van der Waals surface area contributed by atoms with Crippen molar-refractivity contribution in [1.82, 2.24) is 9.78 Å². The Labute approximate surface area is 155 Å². The summed E-state index contributed by atoms with van der Waals surface area (Å²) in [5, 5.41) is 7.79. The molecule has 1 aromatic heterocycles. The van der Waals surface area contributed by atoms with Gasteiger partial charge in [0.1, 0.15) is 11.9 Å². The fourth-order valence-electron chi connectivity index (χ4n) is 2.31. The molecular formula is C18H15Cl2N3O2. The van der Waals surface area contributed by atoms with E-state index >= 15 is 0 Å². The largest absolute Gasteiger partial charge is 0.483 e. The summed E-state index contributed by atoms with van der Waals surface area (Å²) in [5.41, 5.74) is 1.28. The first kappa shape index (κ1) is 17.3. The maximum Gasteiger partial charge on any atom is 0.346 e. The Balaban J connectivity index is 1.77. The molecular weight excluding hydrogens is 361 g/mol. The quantitative estimate of drug-likeness (QED) is 0.662. The molecule has 128 valence electrons. The summed E-state index contributed by atoms with van der Waals surface area (Å²) in [7, 11) is 0. The number of hydrogen-bond donors (Lipinski definition) is 1. The van der Waals surface area contributed by atoms with Crippen molar-refractivity contribution in [3.05, 3.63) is 76.5 Å². The topological polar surface area (TPSA) is 56.2 Å². The van der Waals surface area contributed by atoms with Crippen LogP contribution in [0, 0.1) is 0 Å². The average molecular weight is 376 g/mol. The number of nitrogens with one attached hydrogen (secondary N) is 1. The summed E-state index contributed by atoms with van der Waals surface area (Å²) in [4.78, 5) is 12.5. The Hall–Kier alpha value is -2.50. The lowest BCUT2D eigenvalue weighted by Gasteiger charge is -2.17. The molecule has 0 spiro atoms. The first-order valence-electron chi connectivity index (χ1n) is 7.56. The third-order valence-corrected chi connectivity index (χ3v) is 4.03. The van der Waals surface area contributed by atoms with Crippen molar-refractivity contribution in [3.63, 3.8) is 0 Å². The molecule has 0 fully saturated rings. The highest BCUT2D eigenvalue weighted by atomic mass is 35.5. The number of ether oxygens (including phenoxy) is 1. The average Bonchev–Trinajstić information content (AvgIpc) is 3.08. The van der Waals surface area contributed by atoms with Gasteiger partial charge in [-0.2, -0.15) is 9.78 Å². The number of hydrogen-bond acceptors (Lipinski definition) is 3. The van der Waals surface area contributed by atoms with Crippen LogP contribution in [0.2, 0.25) is 10.0 Å². The third kappa shape index (κ3) is 4.13. The lowest BCUT2D eigenvalue weighted by Crippen LogP contribution is -2.24. The van der Waals surface area contributed by atoms with Gasteiger partial charge < -0.3 is 10.1 Å². The minimum absolute atomic E-state index is 0.371. The molecule has 1 amide bonds. The van der Waals surface area contributed by atoms with Crippen LogP contribution in [-0.4, -0.2) is 15.8 Å². The SMILES string of the molecule is C[C@H](Oc1ccc(Cl)cc1Cl)c1ccnn1C(=O)Nc1ccccc1. The highest BCUT2D eigenvalue weighted by Gasteiger charge is 2.18. The van der Waals surface area contributed by atoms with Crippen LogP contribution in [0.5, 0.6) is 5.75 Å². The summed E-state index contributed by atoms with van der Waals surface area (Å²) >= 11 is 12.0. The smallest absolute Gasteiger partial charge is 0.346 e. The van der Waals surface area contributed by atoms with Crippen LogP contribution >= 0.6 is 23.2 Å². The number of carbonyl (C=O) groups excluding carboxylic acids is 1. The zero-order valence-electron chi connectivity index (χ0n) is 13.3. The summed E-state index contributed by atoms with van der Waals surface area (Å²) in [6, 6.07) is 15.5. The molecule has 0 saturated heterocycles. The minimum Gasteiger partial charge on any atom is -0.483 e. The fourth-order valence-corrected chi connectivity index (χ4v) is 2.76. The van der Waals surface area contributed by atoms with Crippen LogP contribution in [0.3, 0.4) is 0 Å².